The molecule has 1 aromatic rings. The fourth-order valence-corrected chi connectivity index (χ4v) is 2.89. The molecule has 1 atom stereocenters. The zero-order chi connectivity index (χ0) is 13.7. The molecule has 1 aliphatic rings. The van der Waals surface area contributed by atoms with E-state index in [1.807, 2.05) is 0 Å². The number of rotatable bonds is 5. The molecule has 0 saturated carbocycles. The molecule has 1 aliphatic heterocycles. The lowest BCUT2D eigenvalue weighted by Gasteiger charge is -2.34. The lowest BCUT2D eigenvalue weighted by molar-refractivity contribution is -0.125. The van der Waals surface area contributed by atoms with Crippen LogP contribution in [0.5, 0.6) is 0 Å². The van der Waals surface area contributed by atoms with Crippen LogP contribution in [0.15, 0.2) is 24.3 Å². The second-order valence-corrected chi connectivity index (χ2v) is 5.68. The molecule has 1 fully saturated rings. The normalized spacial score (nSPS) is 20.4. The molecule has 0 radical (unpaired) electrons. The molecule has 2 nitrogen and oxygen atoms in total. The first kappa shape index (κ1) is 14.3. The first-order chi connectivity index (χ1) is 9.20. The van der Waals surface area contributed by atoms with E-state index < -0.39 is 0 Å². The highest BCUT2D eigenvalue weighted by Crippen LogP contribution is 2.21. The predicted molar refractivity (Wildman–Crippen MR) is 79.1 cm³/mol. The van der Waals surface area contributed by atoms with E-state index in [4.69, 9.17) is 0 Å². The van der Waals surface area contributed by atoms with Crippen LogP contribution >= 0.6 is 0 Å². The summed E-state index contributed by atoms with van der Waals surface area (Å²) >= 11 is 0. The highest BCUT2D eigenvalue weighted by molar-refractivity contribution is 5.84. The first-order valence-corrected chi connectivity index (χ1v) is 7.53. The summed E-state index contributed by atoms with van der Waals surface area (Å²) in [5, 5.41) is 0. The molecule has 0 spiro atoms. The Labute approximate surface area is 116 Å². The van der Waals surface area contributed by atoms with Crippen LogP contribution in [0.2, 0.25) is 0 Å². The summed E-state index contributed by atoms with van der Waals surface area (Å²) in [6.45, 7) is 6.18. The topological polar surface area (TPSA) is 20.3 Å². The minimum Gasteiger partial charge on any atom is -0.298 e. The molecule has 0 amide bonds. The number of Topliss-reactive ketones (excluding diaryl/α,β-unsaturated/α-hetero) is 1. The van der Waals surface area contributed by atoms with Crippen LogP contribution in [0.25, 0.3) is 0 Å². The van der Waals surface area contributed by atoms with Crippen LogP contribution in [-0.4, -0.2) is 23.3 Å². The molecule has 2 heteroatoms. The summed E-state index contributed by atoms with van der Waals surface area (Å²) in [4.78, 5) is 14.6. The Morgan fingerprint density at radius 1 is 1.26 bits per heavy atom. The van der Waals surface area contributed by atoms with Crippen molar-refractivity contribution in [1.82, 2.24) is 4.90 Å². The monoisotopic (exact) mass is 259 g/mol. The number of benzene rings is 1. The average molecular weight is 259 g/mol. The van der Waals surface area contributed by atoms with Gasteiger partial charge in [-0.15, -0.1) is 0 Å². The molecule has 2 rings (SSSR count). The fourth-order valence-electron chi connectivity index (χ4n) is 2.89. The van der Waals surface area contributed by atoms with E-state index in [0.717, 1.165) is 32.4 Å². The van der Waals surface area contributed by atoms with Gasteiger partial charge in [-0.1, -0.05) is 43.2 Å². The number of hydrogen-bond acceptors (Lipinski definition) is 2. The van der Waals surface area contributed by atoms with Gasteiger partial charge in [0.2, 0.25) is 0 Å². The predicted octanol–water partition coefficient (Wildman–Crippen LogP) is 3.72. The molecule has 1 saturated heterocycles. The van der Waals surface area contributed by atoms with Crippen molar-refractivity contribution < 1.29 is 4.79 Å². The minimum atomic E-state index is 0.162. The summed E-state index contributed by atoms with van der Waals surface area (Å²) in [5.74, 6) is 0.439. The zero-order valence-electron chi connectivity index (χ0n) is 12.2. The molecule has 0 aromatic heterocycles. The summed E-state index contributed by atoms with van der Waals surface area (Å²) < 4.78 is 0. The van der Waals surface area contributed by atoms with Crippen molar-refractivity contribution in [1.29, 1.82) is 0 Å². The molecule has 0 aliphatic carbocycles. The lowest BCUT2D eigenvalue weighted by atomic mass is 9.95. The van der Waals surface area contributed by atoms with Crippen molar-refractivity contribution in [3.63, 3.8) is 0 Å². The van der Waals surface area contributed by atoms with Crippen molar-refractivity contribution in [3.05, 3.63) is 35.4 Å². The van der Waals surface area contributed by atoms with Gasteiger partial charge in [-0.3, -0.25) is 9.69 Å². The van der Waals surface area contributed by atoms with Crippen LogP contribution in [-0.2, 0) is 11.3 Å². The second kappa shape index (κ2) is 6.85. The van der Waals surface area contributed by atoms with E-state index in [1.165, 1.54) is 24.0 Å². The Morgan fingerprint density at radius 3 is 2.68 bits per heavy atom. The van der Waals surface area contributed by atoms with Crippen molar-refractivity contribution in [2.45, 2.75) is 58.5 Å². The van der Waals surface area contributed by atoms with Crippen molar-refractivity contribution in [3.8, 4) is 0 Å². The smallest absolute Gasteiger partial charge is 0.149 e. The van der Waals surface area contributed by atoms with Crippen LogP contribution in [0.4, 0.5) is 0 Å². The van der Waals surface area contributed by atoms with Crippen LogP contribution in [0, 0.1) is 6.92 Å². The van der Waals surface area contributed by atoms with E-state index in [0.29, 0.717) is 5.78 Å². The number of carbonyl (C=O) groups excluding carboxylic acids is 1. The van der Waals surface area contributed by atoms with Crippen molar-refractivity contribution >= 4 is 5.78 Å². The maximum absolute atomic E-state index is 12.2. The Balaban J connectivity index is 2.03. The summed E-state index contributed by atoms with van der Waals surface area (Å²) in [6.07, 6.45) is 5.17. The van der Waals surface area contributed by atoms with Gasteiger partial charge in [-0.05, 0) is 38.3 Å². The zero-order valence-corrected chi connectivity index (χ0v) is 12.2. The summed E-state index contributed by atoms with van der Waals surface area (Å²) in [5.41, 5.74) is 2.61. The third-order valence-electron chi connectivity index (χ3n) is 3.99. The third-order valence-corrected chi connectivity index (χ3v) is 3.99. The number of likely N-dealkylation sites (tertiary alicyclic amines) is 1. The quantitative estimate of drug-likeness (QED) is 0.803. The van der Waals surface area contributed by atoms with Crippen LogP contribution in [0.1, 0.15) is 50.2 Å². The maximum atomic E-state index is 12.2. The highest BCUT2D eigenvalue weighted by Gasteiger charge is 2.27. The van der Waals surface area contributed by atoms with Gasteiger partial charge < -0.3 is 0 Å². The maximum Gasteiger partial charge on any atom is 0.149 e. The van der Waals surface area contributed by atoms with Crippen LogP contribution in [0.3, 0.4) is 0 Å². The van der Waals surface area contributed by atoms with E-state index in [-0.39, 0.29) is 6.04 Å². The molecular weight excluding hydrogens is 234 g/mol. The van der Waals surface area contributed by atoms with E-state index in [1.54, 1.807) is 0 Å². The van der Waals surface area contributed by atoms with E-state index in [9.17, 15) is 4.79 Å². The highest BCUT2D eigenvalue weighted by atomic mass is 16.1. The molecule has 0 N–H and O–H groups in total. The summed E-state index contributed by atoms with van der Waals surface area (Å²) in [7, 11) is 0. The Morgan fingerprint density at radius 2 is 2.00 bits per heavy atom. The molecule has 19 heavy (non-hydrogen) atoms. The van der Waals surface area contributed by atoms with Gasteiger partial charge in [-0.2, -0.15) is 0 Å². The number of ketones is 1. The second-order valence-electron chi connectivity index (χ2n) is 5.68. The molecule has 1 aromatic carbocycles. The number of piperidine rings is 1. The van der Waals surface area contributed by atoms with Gasteiger partial charge in [0.05, 0.1) is 6.04 Å². The number of carbonyl (C=O) groups is 1. The number of aryl methyl sites for hydroxylation is 1. The molecule has 104 valence electrons. The Kier molecular flexibility index (Phi) is 5.15. The van der Waals surface area contributed by atoms with Gasteiger partial charge >= 0.3 is 0 Å². The van der Waals surface area contributed by atoms with Gasteiger partial charge in [0, 0.05) is 13.0 Å². The minimum absolute atomic E-state index is 0.162. The van der Waals surface area contributed by atoms with Crippen LogP contribution < -0.4 is 0 Å². The number of nitrogens with zero attached hydrogens (tertiary/aromatic N) is 1. The van der Waals surface area contributed by atoms with Gasteiger partial charge in [0.25, 0.3) is 0 Å². The van der Waals surface area contributed by atoms with Gasteiger partial charge in [0.15, 0.2) is 0 Å². The standard InChI is InChI=1S/C17H25NO/c1-3-6-17(19)16-7-4-5-12-18(16)13-15-10-8-14(2)9-11-15/h8-11,16H,3-7,12-13H2,1-2H3. The Bertz CT molecular complexity index is 410. The fraction of sp³-hybridized carbons (Fsp3) is 0.588. The lowest BCUT2D eigenvalue weighted by Crippen LogP contribution is -2.44. The summed E-state index contributed by atoms with van der Waals surface area (Å²) in [6, 6.07) is 8.84. The van der Waals surface area contributed by atoms with E-state index in [2.05, 4.69) is 43.0 Å². The van der Waals surface area contributed by atoms with Gasteiger partial charge in [0.1, 0.15) is 5.78 Å². The number of hydrogen-bond donors (Lipinski definition) is 0. The average Bonchev–Trinajstić information content (AvgIpc) is 2.42. The SMILES string of the molecule is CCCC(=O)C1CCCCN1Cc1ccc(C)cc1. The molecule has 1 heterocycles. The molecular formula is C17H25NO. The molecule has 0 bridgehead atoms. The van der Waals surface area contributed by atoms with Crippen molar-refractivity contribution in [2.75, 3.05) is 6.54 Å². The third kappa shape index (κ3) is 3.90. The molecule has 1 unspecified atom stereocenters. The van der Waals surface area contributed by atoms with Crippen molar-refractivity contribution in [2.24, 2.45) is 0 Å². The largest absolute Gasteiger partial charge is 0.298 e. The Hall–Kier alpha value is -1.15. The van der Waals surface area contributed by atoms with E-state index >= 15 is 0 Å². The first-order valence-electron chi connectivity index (χ1n) is 7.53. The van der Waals surface area contributed by atoms with Gasteiger partial charge in [-0.25, -0.2) is 0 Å².